The highest BCUT2D eigenvalue weighted by Crippen LogP contribution is 2.32. The second-order valence-electron chi connectivity index (χ2n) is 9.69. The van der Waals surface area contributed by atoms with Crippen molar-refractivity contribution in [1.29, 1.82) is 0 Å². The lowest BCUT2D eigenvalue weighted by Gasteiger charge is -2.32. The van der Waals surface area contributed by atoms with Gasteiger partial charge in [-0.3, -0.25) is 14.4 Å². The Morgan fingerprint density at radius 1 is 1.11 bits per heavy atom. The predicted octanol–water partition coefficient (Wildman–Crippen LogP) is 2.84. The van der Waals surface area contributed by atoms with E-state index in [2.05, 4.69) is 4.98 Å². The molecule has 0 saturated carbocycles. The van der Waals surface area contributed by atoms with Gasteiger partial charge in [-0.15, -0.1) is 0 Å². The monoisotopic (exact) mass is 543 g/mol. The van der Waals surface area contributed by atoms with Gasteiger partial charge in [0.25, 0.3) is 11.7 Å². The van der Waals surface area contributed by atoms with Crippen molar-refractivity contribution in [2.24, 2.45) is 5.92 Å². The molecule has 38 heavy (non-hydrogen) atoms. The van der Waals surface area contributed by atoms with Crippen molar-refractivity contribution in [2.45, 2.75) is 24.2 Å². The third-order valence-corrected chi connectivity index (χ3v) is 8.48. The maximum Gasteiger partial charge on any atom is 0.294 e. The molecule has 0 aliphatic carbocycles. The first-order chi connectivity index (χ1) is 18.0. The van der Waals surface area contributed by atoms with Crippen LogP contribution in [0.2, 0.25) is 0 Å². The lowest BCUT2D eigenvalue weighted by atomic mass is 9.90. The van der Waals surface area contributed by atoms with E-state index in [9.17, 15) is 27.2 Å². The molecule has 1 saturated heterocycles. The highest BCUT2D eigenvalue weighted by molar-refractivity contribution is 7.92. The number of piperidine rings is 1. The number of carbonyl (C=O) groups is 3. The highest BCUT2D eigenvalue weighted by atomic mass is 32.2. The zero-order chi connectivity index (χ0) is 27.6. The normalized spacial score (nSPS) is 14.5. The Morgan fingerprint density at radius 3 is 2.37 bits per heavy atom. The molecule has 4 rings (SSSR count). The third-order valence-electron chi connectivity index (χ3n) is 6.86. The Balaban J connectivity index is 1.49. The van der Waals surface area contributed by atoms with E-state index in [-0.39, 0.29) is 27.4 Å². The quantitative estimate of drug-likeness (QED) is 0.345. The summed E-state index contributed by atoms with van der Waals surface area (Å²) in [7, 11) is 0.0788. The Kier molecular flexibility index (Phi) is 7.86. The number of H-pyrrole nitrogens is 1. The molecule has 1 aliphatic rings. The molecule has 0 bridgehead atoms. The van der Waals surface area contributed by atoms with Gasteiger partial charge in [0.05, 0.1) is 12.7 Å². The first-order valence-corrected chi connectivity index (χ1v) is 13.9. The van der Waals surface area contributed by atoms with Crippen LogP contribution in [0.15, 0.2) is 47.5 Å². The standard InChI is InChI=1S/C27H30FN3O6S/c1-30(2)27(34)26(33)21-15-29-22-14-23(37-3)24(13-20(21)22)38(35,36)16-25(32)31-10-8-18(9-11-31)12-17-4-6-19(28)7-5-17/h4-7,13-15,18,29H,8-12,16H2,1-3H3. The molecule has 2 heterocycles. The fourth-order valence-electron chi connectivity index (χ4n) is 4.71. The summed E-state index contributed by atoms with van der Waals surface area (Å²) in [6.45, 7) is 0.860. The maximum absolute atomic E-state index is 13.4. The SMILES string of the molecule is COc1cc2[nH]cc(C(=O)C(=O)N(C)C)c2cc1S(=O)(=O)CC(=O)N1CCC(Cc2ccc(F)cc2)CC1. The molecule has 0 spiro atoms. The minimum atomic E-state index is -4.14. The fraction of sp³-hybridized carbons (Fsp3) is 0.370. The second-order valence-corrected chi connectivity index (χ2v) is 11.7. The molecule has 2 amide bonds. The number of nitrogens with zero attached hydrogens (tertiary/aromatic N) is 2. The Labute approximate surface area is 220 Å². The van der Waals surface area contributed by atoms with Crippen LogP contribution in [0, 0.1) is 11.7 Å². The van der Waals surface area contributed by atoms with Gasteiger partial charge in [0, 0.05) is 50.4 Å². The van der Waals surface area contributed by atoms with Crippen molar-refractivity contribution in [2.75, 3.05) is 40.0 Å². The van der Waals surface area contributed by atoms with Gasteiger partial charge in [0.15, 0.2) is 9.84 Å². The molecule has 1 aromatic heterocycles. The number of fused-ring (bicyclic) bond motifs is 1. The number of methoxy groups -OCH3 is 1. The third kappa shape index (κ3) is 5.72. The van der Waals surface area contributed by atoms with E-state index in [0.29, 0.717) is 37.4 Å². The van der Waals surface area contributed by atoms with E-state index in [1.54, 1.807) is 17.0 Å². The number of Topliss-reactive ketones (excluding diaryl/α,β-unsaturated/α-hetero) is 1. The molecule has 0 radical (unpaired) electrons. The number of benzene rings is 2. The van der Waals surface area contributed by atoms with E-state index in [0.717, 1.165) is 16.9 Å². The van der Waals surface area contributed by atoms with Crippen LogP contribution in [0.5, 0.6) is 5.75 Å². The molecule has 1 aliphatic heterocycles. The van der Waals surface area contributed by atoms with Crippen LogP contribution >= 0.6 is 0 Å². The van der Waals surface area contributed by atoms with Crippen molar-refractivity contribution in [3.63, 3.8) is 0 Å². The first kappa shape index (κ1) is 27.3. The molecule has 3 aromatic rings. The van der Waals surface area contributed by atoms with E-state index >= 15 is 0 Å². The molecular weight excluding hydrogens is 513 g/mol. The van der Waals surface area contributed by atoms with Crippen LogP contribution in [0.25, 0.3) is 10.9 Å². The molecule has 1 fully saturated rings. The number of hydrogen-bond donors (Lipinski definition) is 1. The van der Waals surface area contributed by atoms with E-state index in [4.69, 9.17) is 4.74 Å². The smallest absolute Gasteiger partial charge is 0.294 e. The van der Waals surface area contributed by atoms with E-state index < -0.39 is 33.2 Å². The van der Waals surface area contributed by atoms with Crippen LogP contribution in [0.3, 0.4) is 0 Å². The summed E-state index contributed by atoms with van der Waals surface area (Å²) in [6, 6.07) is 9.07. The zero-order valence-electron chi connectivity index (χ0n) is 21.5. The number of halogens is 1. The Hall–Kier alpha value is -3.73. The number of likely N-dealkylation sites (N-methyl/N-ethyl adjacent to an activating group) is 1. The van der Waals surface area contributed by atoms with Gasteiger partial charge in [-0.05, 0) is 48.9 Å². The minimum absolute atomic E-state index is 0.0306. The van der Waals surface area contributed by atoms with Crippen molar-refractivity contribution >= 4 is 38.3 Å². The number of sulfone groups is 1. The number of aromatic amines is 1. The summed E-state index contributed by atoms with van der Waals surface area (Å²) in [6.07, 6.45) is 3.55. The van der Waals surface area contributed by atoms with Crippen molar-refractivity contribution in [3.05, 3.63) is 59.5 Å². The molecule has 202 valence electrons. The Bertz CT molecular complexity index is 1470. The number of amides is 2. The predicted molar refractivity (Wildman–Crippen MR) is 139 cm³/mol. The van der Waals surface area contributed by atoms with Gasteiger partial charge in [-0.2, -0.15) is 0 Å². The van der Waals surface area contributed by atoms with E-state index in [1.165, 1.54) is 51.7 Å². The van der Waals surface area contributed by atoms with Crippen LogP contribution < -0.4 is 4.74 Å². The van der Waals surface area contributed by atoms with Gasteiger partial charge < -0.3 is 19.5 Å². The summed E-state index contributed by atoms with van der Waals surface area (Å²) in [5.41, 5.74) is 1.48. The average molecular weight is 544 g/mol. The van der Waals surface area contributed by atoms with Crippen molar-refractivity contribution in [3.8, 4) is 5.75 Å². The number of likely N-dealkylation sites (tertiary alicyclic amines) is 1. The van der Waals surface area contributed by atoms with Gasteiger partial charge >= 0.3 is 0 Å². The minimum Gasteiger partial charge on any atom is -0.495 e. The van der Waals surface area contributed by atoms with Crippen molar-refractivity contribution in [1.82, 2.24) is 14.8 Å². The number of rotatable bonds is 8. The maximum atomic E-state index is 13.4. The first-order valence-electron chi connectivity index (χ1n) is 12.2. The van der Waals surface area contributed by atoms with Crippen LogP contribution in [0.4, 0.5) is 4.39 Å². The lowest BCUT2D eigenvalue weighted by Crippen LogP contribution is -2.41. The molecule has 11 heteroatoms. The topological polar surface area (TPSA) is 117 Å². The molecular formula is C27H30FN3O6S. The summed E-state index contributed by atoms with van der Waals surface area (Å²) in [5.74, 6) is -2.73. The number of nitrogens with one attached hydrogen (secondary N) is 1. The Morgan fingerprint density at radius 2 is 1.76 bits per heavy atom. The molecule has 0 unspecified atom stereocenters. The van der Waals surface area contributed by atoms with Crippen LogP contribution in [0.1, 0.15) is 28.8 Å². The van der Waals surface area contributed by atoms with Gasteiger partial charge in [0.1, 0.15) is 22.2 Å². The number of hydrogen-bond acceptors (Lipinski definition) is 6. The number of ether oxygens (including phenoxy) is 1. The fourth-order valence-corrected chi connectivity index (χ4v) is 6.12. The summed E-state index contributed by atoms with van der Waals surface area (Å²) in [5, 5.41) is 0.249. The van der Waals surface area contributed by atoms with Gasteiger partial charge in [-0.1, -0.05) is 12.1 Å². The number of ketones is 1. The number of carbonyl (C=O) groups excluding carboxylic acids is 3. The van der Waals surface area contributed by atoms with Gasteiger partial charge in [-0.25, -0.2) is 12.8 Å². The van der Waals surface area contributed by atoms with Crippen LogP contribution in [-0.4, -0.2) is 80.8 Å². The largest absolute Gasteiger partial charge is 0.495 e. The van der Waals surface area contributed by atoms with Crippen molar-refractivity contribution < 1.29 is 31.9 Å². The molecule has 2 aromatic carbocycles. The lowest BCUT2D eigenvalue weighted by molar-refractivity contribution is -0.129. The van der Waals surface area contributed by atoms with Gasteiger partial charge in [0.2, 0.25) is 5.91 Å². The average Bonchev–Trinajstić information content (AvgIpc) is 3.31. The number of aromatic nitrogens is 1. The molecule has 9 nitrogen and oxygen atoms in total. The molecule has 1 N–H and O–H groups in total. The van der Waals surface area contributed by atoms with Crippen LogP contribution in [-0.2, 0) is 25.8 Å². The molecule has 0 atom stereocenters. The summed E-state index contributed by atoms with van der Waals surface area (Å²) < 4.78 is 45.2. The highest BCUT2D eigenvalue weighted by Gasteiger charge is 2.31. The summed E-state index contributed by atoms with van der Waals surface area (Å²) in [4.78, 5) is 43.2. The van der Waals surface area contributed by atoms with E-state index in [1.807, 2.05) is 0 Å². The summed E-state index contributed by atoms with van der Waals surface area (Å²) >= 11 is 0. The zero-order valence-corrected chi connectivity index (χ0v) is 22.3. The second kappa shape index (κ2) is 10.9.